The molecule has 0 aliphatic heterocycles. The highest BCUT2D eigenvalue weighted by molar-refractivity contribution is 5.86. The lowest BCUT2D eigenvalue weighted by atomic mass is 9.97. The fraction of sp³-hybridized carbons (Fsp3) is 0.556. The molecule has 1 aromatic rings. The average molecular weight is 197 g/mol. The summed E-state index contributed by atoms with van der Waals surface area (Å²) in [6.45, 7) is 1.70. The number of carboxylic acid groups (broad SMARTS) is 1. The molecule has 1 heterocycles. The Morgan fingerprint density at radius 2 is 2.29 bits per heavy atom. The molecule has 0 atom stereocenters. The predicted molar refractivity (Wildman–Crippen MR) is 46.3 cm³/mol. The Balaban J connectivity index is 2.50. The molecule has 1 aliphatic rings. The smallest absolute Gasteiger partial charge is 0.314 e. The minimum Gasteiger partial charge on any atom is -0.481 e. The Kier molecular flexibility index (Phi) is 1.77. The van der Waals surface area contributed by atoms with Crippen LogP contribution in [0.3, 0.4) is 0 Å². The Labute approximate surface area is 80.6 Å². The fourth-order valence-electron chi connectivity index (χ4n) is 1.73. The largest absolute Gasteiger partial charge is 0.481 e. The number of carbonyl (C=O) groups is 1. The molecule has 76 valence electrons. The molecule has 14 heavy (non-hydrogen) atoms. The Morgan fingerprint density at radius 3 is 2.71 bits per heavy atom. The van der Waals surface area contributed by atoms with Gasteiger partial charge in [-0.2, -0.15) is 0 Å². The van der Waals surface area contributed by atoms with Crippen LogP contribution in [-0.2, 0) is 10.2 Å². The molecule has 0 saturated heterocycles. The SMILES string of the molecule is COc1noc(C)c1C1(C(=O)O)CC1. The monoisotopic (exact) mass is 197 g/mol. The van der Waals surface area contributed by atoms with Crippen LogP contribution in [0, 0.1) is 6.92 Å². The molecule has 1 fully saturated rings. The molecule has 0 bridgehead atoms. The summed E-state index contributed by atoms with van der Waals surface area (Å²) in [7, 11) is 1.46. The van der Waals surface area contributed by atoms with Crippen LogP contribution < -0.4 is 4.74 Å². The van der Waals surface area contributed by atoms with Gasteiger partial charge in [0.05, 0.1) is 12.7 Å². The van der Waals surface area contributed by atoms with Crippen molar-refractivity contribution < 1.29 is 19.2 Å². The van der Waals surface area contributed by atoms with Crippen molar-refractivity contribution in [3.05, 3.63) is 11.3 Å². The van der Waals surface area contributed by atoms with Crippen molar-refractivity contribution >= 4 is 5.97 Å². The van der Waals surface area contributed by atoms with E-state index in [2.05, 4.69) is 5.16 Å². The highest BCUT2D eigenvalue weighted by atomic mass is 16.5. The summed E-state index contributed by atoms with van der Waals surface area (Å²) in [4.78, 5) is 11.1. The molecule has 0 aromatic carbocycles. The van der Waals surface area contributed by atoms with Gasteiger partial charge in [-0.25, -0.2) is 0 Å². The summed E-state index contributed by atoms with van der Waals surface area (Å²) >= 11 is 0. The minimum absolute atomic E-state index is 0.294. The van der Waals surface area contributed by atoms with E-state index in [0.29, 0.717) is 30.0 Å². The summed E-state index contributed by atoms with van der Waals surface area (Å²) in [5.74, 6) is -0.00810. The molecule has 5 nitrogen and oxygen atoms in total. The number of aliphatic carboxylic acids is 1. The van der Waals surface area contributed by atoms with E-state index in [1.807, 2.05) is 0 Å². The second-order valence-electron chi connectivity index (χ2n) is 3.51. The normalized spacial score (nSPS) is 17.9. The lowest BCUT2D eigenvalue weighted by molar-refractivity contribution is -0.140. The first-order valence-electron chi connectivity index (χ1n) is 4.36. The third-order valence-corrected chi connectivity index (χ3v) is 2.66. The number of ether oxygens (including phenoxy) is 1. The first-order chi connectivity index (χ1) is 6.62. The second-order valence-corrected chi connectivity index (χ2v) is 3.51. The van der Waals surface area contributed by atoms with Gasteiger partial charge < -0.3 is 14.4 Å². The van der Waals surface area contributed by atoms with Crippen molar-refractivity contribution in [2.75, 3.05) is 7.11 Å². The molecule has 2 rings (SSSR count). The maximum absolute atomic E-state index is 11.1. The van der Waals surface area contributed by atoms with Crippen molar-refractivity contribution in [1.29, 1.82) is 0 Å². The van der Waals surface area contributed by atoms with Gasteiger partial charge in [0.1, 0.15) is 11.2 Å². The highest BCUT2D eigenvalue weighted by Crippen LogP contribution is 2.52. The van der Waals surface area contributed by atoms with Crippen molar-refractivity contribution in [1.82, 2.24) is 5.16 Å². The van der Waals surface area contributed by atoms with Crippen LogP contribution in [0.25, 0.3) is 0 Å². The zero-order valence-electron chi connectivity index (χ0n) is 8.03. The van der Waals surface area contributed by atoms with Gasteiger partial charge in [-0.15, -0.1) is 0 Å². The number of carboxylic acids is 1. The van der Waals surface area contributed by atoms with Crippen LogP contribution in [0.5, 0.6) is 5.88 Å². The number of methoxy groups -OCH3 is 1. The van der Waals surface area contributed by atoms with Crippen molar-refractivity contribution in [3.63, 3.8) is 0 Å². The maximum Gasteiger partial charge on any atom is 0.314 e. The van der Waals surface area contributed by atoms with Crippen LogP contribution >= 0.6 is 0 Å². The fourth-order valence-corrected chi connectivity index (χ4v) is 1.73. The lowest BCUT2D eigenvalue weighted by Gasteiger charge is -2.08. The third-order valence-electron chi connectivity index (χ3n) is 2.66. The number of aryl methyl sites for hydroxylation is 1. The van der Waals surface area contributed by atoms with E-state index in [1.54, 1.807) is 6.92 Å². The topological polar surface area (TPSA) is 72.6 Å². The molecule has 0 unspecified atom stereocenters. The van der Waals surface area contributed by atoms with Gasteiger partial charge in [0.15, 0.2) is 0 Å². The maximum atomic E-state index is 11.1. The van der Waals surface area contributed by atoms with Gasteiger partial charge in [-0.05, 0) is 24.9 Å². The molecule has 0 radical (unpaired) electrons. The molecule has 0 spiro atoms. The van der Waals surface area contributed by atoms with E-state index in [4.69, 9.17) is 14.4 Å². The zero-order chi connectivity index (χ0) is 10.3. The van der Waals surface area contributed by atoms with Crippen molar-refractivity contribution in [2.45, 2.75) is 25.2 Å². The molecule has 5 heteroatoms. The van der Waals surface area contributed by atoms with Gasteiger partial charge in [0.2, 0.25) is 0 Å². The minimum atomic E-state index is -0.831. The van der Waals surface area contributed by atoms with Crippen LogP contribution in [0.2, 0.25) is 0 Å². The van der Waals surface area contributed by atoms with E-state index in [-0.39, 0.29) is 0 Å². The second kappa shape index (κ2) is 2.73. The van der Waals surface area contributed by atoms with Crippen LogP contribution in [0.1, 0.15) is 24.2 Å². The van der Waals surface area contributed by atoms with E-state index in [1.165, 1.54) is 7.11 Å². The zero-order valence-corrected chi connectivity index (χ0v) is 8.03. The van der Waals surface area contributed by atoms with E-state index in [0.717, 1.165) is 0 Å². The third kappa shape index (κ3) is 1.01. The van der Waals surface area contributed by atoms with E-state index >= 15 is 0 Å². The molecule has 0 amide bonds. The van der Waals surface area contributed by atoms with Crippen LogP contribution in [0.15, 0.2) is 4.52 Å². The summed E-state index contributed by atoms with van der Waals surface area (Å²) < 4.78 is 9.90. The van der Waals surface area contributed by atoms with E-state index < -0.39 is 11.4 Å². The molecule has 1 aliphatic carbocycles. The number of aromatic nitrogens is 1. The van der Waals surface area contributed by atoms with Gasteiger partial charge in [-0.1, -0.05) is 0 Å². The standard InChI is InChI=1S/C9H11NO4/c1-5-6(7(13-2)10-14-5)9(3-4-9)8(11)12/h3-4H2,1-2H3,(H,11,12). The van der Waals surface area contributed by atoms with Crippen molar-refractivity contribution in [3.8, 4) is 5.88 Å². The van der Waals surface area contributed by atoms with Crippen molar-refractivity contribution in [2.24, 2.45) is 0 Å². The molecular weight excluding hydrogens is 186 g/mol. The summed E-state index contributed by atoms with van der Waals surface area (Å²) in [5, 5.41) is 12.8. The van der Waals surface area contributed by atoms with Crippen LogP contribution in [-0.4, -0.2) is 23.3 Å². The quantitative estimate of drug-likeness (QED) is 0.785. The Bertz CT molecular complexity index is 378. The predicted octanol–water partition coefficient (Wildman–Crippen LogP) is 1.11. The Hall–Kier alpha value is -1.52. The van der Waals surface area contributed by atoms with Gasteiger partial charge in [0.25, 0.3) is 5.88 Å². The lowest BCUT2D eigenvalue weighted by Crippen LogP contribution is -2.20. The molecule has 1 saturated carbocycles. The van der Waals surface area contributed by atoms with Crippen LogP contribution in [0.4, 0.5) is 0 Å². The number of hydrogen-bond acceptors (Lipinski definition) is 4. The highest BCUT2D eigenvalue weighted by Gasteiger charge is 2.56. The molecule has 1 N–H and O–H groups in total. The van der Waals surface area contributed by atoms with E-state index in [9.17, 15) is 4.79 Å². The van der Waals surface area contributed by atoms with Gasteiger partial charge >= 0.3 is 5.97 Å². The molecular formula is C9H11NO4. The first kappa shape index (κ1) is 9.05. The summed E-state index contributed by atoms with van der Waals surface area (Å²) in [6.07, 6.45) is 1.25. The number of nitrogens with zero attached hydrogens (tertiary/aromatic N) is 1. The first-order valence-corrected chi connectivity index (χ1v) is 4.36. The number of rotatable bonds is 3. The average Bonchev–Trinajstić information content (AvgIpc) is 2.86. The molecule has 1 aromatic heterocycles. The summed E-state index contributed by atoms with van der Waals surface area (Å²) in [6, 6.07) is 0. The summed E-state index contributed by atoms with van der Waals surface area (Å²) in [5.41, 5.74) is -0.220. The number of hydrogen-bond donors (Lipinski definition) is 1. The Morgan fingerprint density at radius 1 is 1.64 bits per heavy atom. The van der Waals surface area contributed by atoms with Gasteiger partial charge in [-0.3, -0.25) is 4.79 Å². The van der Waals surface area contributed by atoms with Gasteiger partial charge in [0, 0.05) is 0 Å².